The molecule has 0 fully saturated rings. The number of fused-ring (bicyclic) bond motifs is 1. The minimum atomic E-state index is 0.0306. The average Bonchev–Trinajstić information content (AvgIpc) is 2.66. The summed E-state index contributed by atoms with van der Waals surface area (Å²) in [5.41, 5.74) is 4.77. The number of hydrogen-bond acceptors (Lipinski definition) is 2. The molecule has 1 aliphatic rings. The zero-order chi connectivity index (χ0) is 19.2. The van der Waals surface area contributed by atoms with Crippen molar-refractivity contribution in [3.05, 3.63) is 70.8 Å². The summed E-state index contributed by atoms with van der Waals surface area (Å²) < 4.78 is 0. The highest BCUT2D eigenvalue weighted by atomic mass is 16.2. The Balaban J connectivity index is 1.45. The molecule has 0 heterocycles. The summed E-state index contributed by atoms with van der Waals surface area (Å²) in [7, 11) is 5.33. The fourth-order valence-corrected chi connectivity index (χ4v) is 3.43. The third-order valence-corrected chi connectivity index (χ3v) is 4.99. The predicted molar refractivity (Wildman–Crippen MR) is 110 cm³/mol. The zero-order valence-electron chi connectivity index (χ0n) is 16.3. The van der Waals surface area contributed by atoms with E-state index in [1.807, 2.05) is 18.2 Å². The Hall–Kier alpha value is -2.82. The number of aliphatic imine (C=N–C) groups is 1. The lowest BCUT2D eigenvalue weighted by Gasteiger charge is -2.30. The van der Waals surface area contributed by atoms with Crippen molar-refractivity contribution in [2.45, 2.75) is 18.8 Å². The smallest absolute Gasteiger partial charge is 0.253 e. The van der Waals surface area contributed by atoms with Gasteiger partial charge in [-0.15, -0.1) is 0 Å². The lowest BCUT2D eigenvalue weighted by molar-refractivity contribution is 0.0827. The van der Waals surface area contributed by atoms with Gasteiger partial charge in [-0.1, -0.05) is 36.4 Å². The van der Waals surface area contributed by atoms with Crippen LogP contribution in [0.2, 0.25) is 0 Å². The molecule has 5 heteroatoms. The summed E-state index contributed by atoms with van der Waals surface area (Å²) in [5, 5.41) is 6.78. The van der Waals surface area contributed by atoms with Crippen LogP contribution in [-0.4, -0.2) is 51.0 Å². The van der Waals surface area contributed by atoms with Crippen molar-refractivity contribution >= 4 is 11.9 Å². The summed E-state index contributed by atoms with van der Waals surface area (Å²) in [6, 6.07) is 16.4. The highest BCUT2D eigenvalue weighted by molar-refractivity contribution is 5.94. The predicted octanol–water partition coefficient (Wildman–Crippen LogP) is 2.44. The summed E-state index contributed by atoms with van der Waals surface area (Å²) in [6.07, 6.45) is 1.97. The summed E-state index contributed by atoms with van der Waals surface area (Å²) in [4.78, 5) is 18.0. The Morgan fingerprint density at radius 3 is 2.70 bits per heavy atom. The van der Waals surface area contributed by atoms with Gasteiger partial charge in [0.05, 0.1) is 0 Å². The first-order valence-corrected chi connectivity index (χ1v) is 9.41. The molecule has 2 aromatic rings. The lowest BCUT2D eigenvalue weighted by Crippen LogP contribution is -2.41. The van der Waals surface area contributed by atoms with E-state index in [0.29, 0.717) is 5.92 Å². The minimum Gasteiger partial charge on any atom is -0.356 e. The molecule has 0 bridgehead atoms. The van der Waals surface area contributed by atoms with Gasteiger partial charge < -0.3 is 15.5 Å². The molecule has 0 aliphatic heterocycles. The van der Waals surface area contributed by atoms with Gasteiger partial charge in [-0.25, -0.2) is 0 Å². The van der Waals surface area contributed by atoms with Gasteiger partial charge >= 0.3 is 0 Å². The molecule has 27 heavy (non-hydrogen) atoms. The van der Waals surface area contributed by atoms with Crippen LogP contribution < -0.4 is 10.6 Å². The number of carbonyl (C=O) groups excluding carboxylic acids is 1. The standard InChI is InChI=1S/C22H28N4O/c1-23-22(25-15-19-14-17-8-4-5-10-20(17)19)24-12-11-16-7-6-9-18(13-16)21(27)26(2)3/h4-10,13,19H,11-12,14-15H2,1-3H3,(H2,23,24,25). The number of benzene rings is 2. The molecule has 0 saturated heterocycles. The minimum absolute atomic E-state index is 0.0306. The van der Waals surface area contributed by atoms with Gasteiger partial charge in [-0.05, 0) is 41.7 Å². The number of guanidine groups is 1. The van der Waals surface area contributed by atoms with Crippen molar-refractivity contribution in [1.29, 1.82) is 0 Å². The second kappa shape index (κ2) is 8.71. The number of amides is 1. The number of hydrogen-bond donors (Lipinski definition) is 2. The second-order valence-corrected chi connectivity index (χ2v) is 7.13. The molecule has 1 aliphatic carbocycles. The SMILES string of the molecule is CN=C(NCCc1cccc(C(=O)N(C)C)c1)NCC1Cc2ccccc21. The fourth-order valence-electron chi connectivity index (χ4n) is 3.43. The molecule has 0 saturated carbocycles. The Kier molecular flexibility index (Phi) is 6.12. The van der Waals surface area contributed by atoms with Crippen LogP contribution >= 0.6 is 0 Å². The van der Waals surface area contributed by atoms with E-state index in [0.717, 1.165) is 43.0 Å². The van der Waals surface area contributed by atoms with E-state index >= 15 is 0 Å². The van der Waals surface area contributed by atoms with Crippen LogP contribution in [0.1, 0.15) is 33.0 Å². The van der Waals surface area contributed by atoms with E-state index in [1.165, 1.54) is 11.1 Å². The molecule has 2 N–H and O–H groups in total. The molecule has 1 atom stereocenters. The molecule has 1 unspecified atom stereocenters. The Bertz CT molecular complexity index is 829. The van der Waals surface area contributed by atoms with Gasteiger partial charge in [0.2, 0.25) is 0 Å². The number of nitrogens with zero attached hydrogens (tertiary/aromatic N) is 2. The van der Waals surface area contributed by atoms with Crippen LogP contribution in [0.4, 0.5) is 0 Å². The molecule has 0 radical (unpaired) electrons. The highest BCUT2D eigenvalue weighted by Gasteiger charge is 2.25. The van der Waals surface area contributed by atoms with Crippen molar-refractivity contribution < 1.29 is 4.79 Å². The maximum atomic E-state index is 12.1. The molecular formula is C22H28N4O. The van der Waals surface area contributed by atoms with Gasteiger partial charge in [0, 0.05) is 45.7 Å². The summed E-state index contributed by atoms with van der Waals surface area (Å²) >= 11 is 0. The van der Waals surface area contributed by atoms with Crippen LogP contribution in [0.3, 0.4) is 0 Å². The maximum absolute atomic E-state index is 12.1. The highest BCUT2D eigenvalue weighted by Crippen LogP contribution is 2.33. The van der Waals surface area contributed by atoms with Crippen LogP contribution in [-0.2, 0) is 12.8 Å². The summed E-state index contributed by atoms with van der Waals surface area (Å²) in [5.74, 6) is 1.41. The van der Waals surface area contributed by atoms with Gasteiger partial charge in [0.25, 0.3) is 5.91 Å². The first kappa shape index (κ1) is 19.0. The topological polar surface area (TPSA) is 56.7 Å². The van der Waals surface area contributed by atoms with E-state index < -0.39 is 0 Å². The third kappa shape index (κ3) is 4.67. The molecule has 0 aromatic heterocycles. The van der Waals surface area contributed by atoms with Crippen molar-refractivity contribution in [2.75, 3.05) is 34.2 Å². The summed E-state index contributed by atoms with van der Waals surface area (Å²) in [6.45, 7) is 1.66. The lowest BCUT2D eigenvalue weighted by atomic mass is 9.78. The van der Waals surface area contributed by atoms with E-state index in [2.05, 4.69) is 46.0 Å². The quantitative estimate of drug-likeness (QED) is 0.611. The Labute approximate surface area is 161 Å². The molecule has 1 amide bonds. The largest absolute Gasteiger partial charge is 0.356 e. The normalized spacial score (nSPS) is 15.5. The first-order valence-electron chi connectivity index (χ1n) is 9.41. The van der Waals surface area contributed by atoms with Crippen molar-refractivity contribution in [2.24, 2.45) is 4.99 Å². The molecule has 3 rings (SSSR count). The van der Waals surface area contributed by atoms with Gasteiger partial charge in [-0.2, -0.15) is 0 Å². The average molecular weight is 364 g/mol. The number of carbonyl (C=O) groups is 1. The number of rotatable bonds is 6. The van der Waals surface area contributed by atoms with E-state index in [-0.39, 0.29) is 5.91 Å². The zero-order valence-corrected chi connectivity index (χ0v) is 16.3. The van der Waals surface area contributed by atoms with Gasteiger partial charge in [-0.3, -0.25) is 9.79 Å². The monoisotopic (exact) mass is 364 g/mol. The van der Waals surface area contributed by atoms with E-state index in [1.54, 1.807) is 26.0 Å². The fraction of sp³-hybridized carbons (Fsp3) is 0.364. The van der Waals surface area contributed by atoms with Crippen LogP contribution in [0.15, 0.2) is 53.5 Å². The first-order chi connectivity index (χ1) is 13.1. The Morgan fingerprint density at radius 1 is 1.15 bits per heavy atom. The molecule has 5 nitrogen and oxygen atoms in total. The van der Waals surface area contributed by atoms with E-state index in [4.69, 9.17) is 0 Å². The Morgan fingerprint density at radius 2 is 1.96 bits per heavy atom. The van der Waals surface area contributed by atoms with Crippen LogP contribution in [0, 0.1) is 0 Å². The number of nitrogens with one attached hydrogen (secondary N) is 2. The van der Waals surface area contributed by atoms with Gasteiger partial charge in [0.15, 0.2) is 5.96 Å². The van der Waals surface area contributed by atoms with Crippen LogP contribution in [0.5, 0.6) is 0 Å². The molecule has 142 valence electrons. The van der Waals surface area contributed by atoms with Crippen LogP contribution in [0.25, 0.3) is 0 Å². The second-order valence-electron chi connectivity index (χ2n) is 7.13. The van der Waals surface area contributed by atoms with Crippen molar-refractivity contribution in [3.8, 4) is 0 Å². The molecule has 0 spiro atoms. The maximum Gasteiger partial charge on any atom is 0.253 e. The van der Waals surface area contributed by atoms with E-state index in [9.17, 15) is 4.79 Å². The van der Waals surface area contributed by atoms with Crippen molar-refractivity contribution in [1.82, 2.24) is 15.5 Å². The molecular weight excluding hydrogens is 336 g/mol. The van der Waals surface area contributed by atoms with Crippen molar-refractivity contribution in [3.63, 3.8) is 0 Å². The van der Waals surface area contributed by atoms with Gasteiger partial charge in [0.1, 0.15) is 0 Å². The third-order valence-electron chi connectivity index (χ3n) is 4.99. The molecule has 2 aromatic carbocycles.